The Morgan fingerprint density at radius 2 is 1.06 bits per heavy atom. The maximum atomic E-state index is 10.5. The summed E-state index contributed by atoms with van der Waals surface area (Å²) in [5, 5.41) is 0. The molecule has 0 aliphatic heterocycles. The highest BCUT2D eigenvalue weighted by Gasteiger charge is 2.12. The predicted molar refractivity (Wildman–Crippen MR) is 73.1 cm³/mol. The minimum Gasteiger partial charge on any atom is -0.324 e. The molecule has 0 aliphatic rings. The molecule has 0 heterocycles. The van der Waals surface area contributed by atoms with Crippen LogP contribution in [0, 0.1) is 0 Å². The Morgan fingerprint density at radius 1 is 0.706 bits per heavy atom. The van der Waals surface area contributed by atoms with Crippen LogP contribution in [-0.2, 0) is 9.13 Å². The Labute approximate surface area is 109 Å². The fourth-order valence-corrected chi connectivity index (χ4v) is 5.06. The van der Waals surface area contributed by atoms with Gasteiger partial charge >= 0.3 is 15.2 Å². The lowest BCUT2D eigenvalue weighted by Crippen LogP contribution is -1.95. The SMILES string of the molecule is O=P(O)(O)CCSCCCSCCP(=O)(O)O. The standard InChI is InChI=1S/C7H18O6P2S2/c8-14(9,10)2-6-16-4-1-5-17-7-3-15(11,12)13/h1-7H2,(H2,8,9,10)(H2,11,12,13). The Bertz CT molecular complexity index is 260. The van der Waals surface area contributed by atoms with Gasteiger partial charge in [0.15, 0.2) is 0 Å². The third-order valence-electron chi connectivity index (χ3n) is 1.63. The number of rotatable bonds is 10. The van der Waals surface area contributed by atoms with Crippen molar-refractivity contribution < 1.29 is 28.7 Å². The second-order valence-electron chi connectivity index (χ2n) is 3.35. The lowest BCUT2D eigenvalue weighted by atomic mass is 10.6. The van der Waals surface area contributed by atoms with Crippen molar-refractivity contribution in [1.82, 2.24) is 0 Å². The van der Waals surface area contributed by atoms with E-state index < -0.39 is 15.2 Å². The molecular formula is C7H18O6P2S2. The van der Waals surface area contributed by atoms with Crippen molar-refractivity contribution in [1.29, 1.82) is 0 Å². The molecule has 17 heavy (non-hydrogen) atoms. The predicted octanol–water partition coefficient (Wildman–Crippen LogP) is 1.20. The molecule has 0 unspecified atom stereocenters. The van der Waals surface area contributed by atoms with Gasteiger partial charge in [0.2, 0.25) is 0 Å². The summed E-state index contributed by atoms with van der Waals surface area (Å²) in [7, 11) is -7.73. The van der Waals surface area contributed by atoms with E-state index in [2.05, 4.69) is 0 Å². The third kappa shape index (κ3) is 17.0. The van der Waals surface area contributed by atoms with Gasteiger partial charge in [0, 0.05) is 11.5 Å². The van der Waals surface area contributed by atoms with Crippen LogP contribution in [0.1, 0.15) is 6.42 Å². The van der Waals surface area contributed by atoms with E-state index in [0.29, 0.717) is 11.5 Å². The van der Waals surface area contributed by atoms with E-state index in [9.17, 15) is 9.13 Å². The Hall–Kier alpha value is 1.000. The van der Waals surface area contributed by atoms with Gasteiger partial charge in [0.25, 0.3) is 0 Å². The van der Waals surface area contributed by atoms with Crippen LogP contribution < -0.4 is 0 Å². The summed E-state index contributed by atoms with van der Waals surface area (Å²) in [6, 6.07) is 0. The molecule has 0 aromatic carbocycles. The van der Waals surface area contributed by atoms with Crippen molar-refractivity contribution in [2.45, 2.75) is 6.42 Å². The molecule has 104 valence electrons. The lowest BCUT2D eigenvalue weighted by Gasteiger charge is -2.04. The zero-order valence-corrected chi connectivity index (χ0v) is 12.7. The van der Waals surface area contributed by atoms with Crippen LogP contribution in [0.3, 0.4) is 0 Å². The molecule has 6 nitrogen and oxygen atoms in total. The highest BCUT2D eigenvalue weighted by Crippen LogP contribution is 2.35. The Balaban J connectivity index is 3.20. The topological polar surface area (TPSA) is 115 Å². The van der Waals surface area contributed by atoms with Gasteiger partial charge in [-0.3, -0.25) is 9.13 Å². The van der Waals surface area contributed by atoms with Crippen LogP contribution in [0.4, 0.5) is 0 Å². The molecule has 0 saturated carbocycles. The van der Waals surface area contributed by atoms with E-state index in [1.54, 1.807) is 0 Å². The maximum absolute atomic E-state index is 10.5. The highest BCUT2D eigenvalue weighted by molar-refractivity contribution is 8.00. The largest absolute Gasteiger partial charge is 0.326 e. The molecule has 0 fully saturated rings. The van der Waals surface area contributed by atoms with E-state index in [1.165, 1.54) is 23.5 Å². The van der Waals surface area contributed by atoms with E-state index in [4.69, 9.17) is 19.6 Å². The van der Waals surface area contributed by atoms with Crippen LogP contribution in [0.15, 0.2) is 0 Å². The van der Waals surface area contributed by atoms with Crippen LogP contribution in [0.2, 0.25) is 0 Å². The molecule has 0 aliphatic carbocycles. The molecule has 0 spiro atoms. The molecule has 0 aromatic heterocycles. The van der Waals surface area contributed by atoms with Gasteiger partial charge in [-0.1, -0.05) is 0 Å². The first-order valence-corrected chi connectivity index (χ1v) is 10.9. The van der Waals surface area contributed by atoms with Crippen molar-refractivity contribution in [3.8, 4) is 0 Å². The fourth-order valence-electron chi connectivity index (χ4n) is 0.834. The minimum absolute atomic E-state index is 0.0942. The van der Waals surface area contributed by atoms with Crippen molar-refractivity contribution in [2.75, 3.05) is 35.3 Å². The third-order valence-corrected chi connectivity index (χ3v) is 5.99. The first-order chi connectivity index (χ1) is 7.71. The van der Waals surface area contributed by atoms with Crippen LogP contribution in [0.25, 0.3) is 0 Å². The Kier molecular flexibility index (Phi) is 9.52. The summed E-state index contributed by atoms with van der Waals surface area (Å²) in [6.45, 7) is 0. The Morgan fingerprint density at radius 3 is 1.35 bits per heavy atom. The molecule has 0 bridgehead atoms. The van der Waals surface area contributed by atoms with Crippen molar-refractivity contribution in [2.24, 2.45) is 0 Å². The van der Waals surface area contributed by atoms with Crippen molar-refractivity contribution >= 4 is 38.7 Å². The van der Waals surface area contributed by atoms with Gasteiger partial charge in [-0.15, -0.1) is 0 Å². The normalized spacial score (nSPS) is 12.9. The summed E-state index contributed by atoms with van der Waals surface area (Å²) in [4.78, 5) is 34.3. The maximum Gasteiger partial charge on any atom is 0.326 e. The first kappa shape index (κ1) is 18.0. The van der Waals surface area contributed by atoms with E-state index >= 15 is 0 Å². The second kappa shape index (κ2) is 8.99. The molecule has 0 rings (SSSR count). The number of hydrogen-bond acceptors (Lipinski definition) is 4. The molecule has 0 amide bonds. The van der Waals surface area contributed by atoms with Gasteiger partial charge in [-0.05, 0) is 17.9 Å². The van der Waals surface area contributed by atoms with Crippen LogP contribution >= 0.6 is 38.7 Å². The molecule has 10 heteroatoms. The zero-order chi connectivity index (χ0) is 13.4. The van der Waals surface area contributed by atoms with Crippen molar-refractivity contribution in [3.05, 3.63) is 0 Å². The number of thioether (sulfide) groups is 2. The molecule has 0 radical (unpaired) electrons. The molecule has 0 saturated heterocycles. The summed E-state index contributed by atoms with van der Waals surface area (Å²) >= 11 is 2.97. The average Bonchev–Trinajstić information content (AvgIpc) is 2.11. The van der Waals surface area contributed by atoms with E-state index in [0.717, 1.165) is 17.9 Å². The molecular weight excluding hydrogens is 306 g/mol. The van der Waals surface area contributed by atoms with Gasteiger partial charge in [0.1, 0.15) is 0 Å². The van der Waals surface area contributed by atoms with Gasteiger partial charge in [-0.2, -0.15) is 23.5 Å². The fraction of sp³-hybridized carbons (Fsp3) is 1.00. The minimum atomic E-state index is -3.86. The lowest BCUT2D eigenvalue weighted by molar-refractivity contribution is 0.373. The van der Waals surface area contributed by atoms with Gasteiger partial charge in [0.05, 0.1) is 12.3 Å². The summed E-state index contributed by atoms with van der Waals surface area (Å²) in [5.41, 5.74) is 0. The van der Waals surface area contributed by atoms with Crippen molar-refractivity contribution in [3.63, 3.8) is 0 Å². The summed E-state index contributed by atoms with van der Waals surface area (Å²) < 4.78 is 21.0. The highest BCUT2D eigenvalue weighted by atomic mass is 32.2. The molecule has 0 atom stereocenters. The first-order valence-electron chi connectivity index (χ1n) is 4.95. The molecule has 0 aromatic rings. The van der Waals surface area contributed by atoms with Gasteiger partial charge < -0.3 is 19.6 Å². The average molecular weight is 324 g/mol. The monoisotopic (exact) mass is 324 g/mol. The quantitative estimate of drug-likeness (QED) is 0.350. The summed E-state index contributed by atoms with van der Waals surface area (Å²) in [6.07, 6.45) is 0.684. The smallest absolute Gasteiger partial charge is 0.324 e. The van der Waals surface area contributed by atoms with Gasteiger partial charge in [-0.25, -0.2) is 0 Å². The summed E-state index contributed by atoms with van der Waals surface area (Å²) in [5.74, 6) is 2.50. The number of hydrogen-bond donors (Lipinski definition) is 4. The van der Waals surface area contributed by atoms with E-state index in [-0.39, 0.29) is 12.3 Å². The van der Waals surface area contributed by atoms with Crippen LogP contribution in [-0.4, -0.2) is 54.9 Å². The van der Waals surface area contributed by atoms with Crippen LogP contribution in [0.5, 0.6) is 0 Å². The second-order valence-corrected chi connectivity index (χ2v) is 9.36. The molecule has 4 N–H and O–H groups in total. The zero-order valence-electron chi connectivity index (χ0n) is 9.27. The van der Waals surface area contributed by atoms with E-state index in [1.807, 2.05) is 0 Å².